The molecule has 0 amide bonds. The molecule has 1 unspecified atom stereocenters. The van der Waals surface area contributed by atoms with Gasteiger partial charge in [-0.3, -0.25) is 9.69 Å². The number of hydrogen-bond acceptors (Lipinski definition) is 10. The van der Waals surface area contributed by atoms with E-state index >= 15 is 0 Å². The van der Waals surface area contributed by atoms with Gasteiger partial charge in [0, 0.05) is 49.5 Å². The summed E-state index contributed by atoms with van der Waals surface area (Å²) in [5.41, 5.74) is 7.67. The monoisotopic (exact) mass is 586 g/mol. The number of carbonyl (C=O) groups excluding carboxylic acids is 1. The minimum atomic E-state index is -4.76. The Morgan fingerprint density at radius 2 is 1.85 bits per heavy atom. The van der Waals surface area contributed by atoms with Crippen LogP contribution < -0.4 is 20.7 Å². The molecule has 40 heavy (non-hydrogen) atoms. The first kappa shape index (κ1) is 31.6. The number of carbonyl (C=O) groups is 1. The number of benzene rings is 1. The molecular formula is C26H34ClF3N6O4. The summed E-state index contributed by atoms with van der Waals surface area (Å²) >= 11 is 6.52. The number of ether oxygens (including phenoxy) is 1. The number of halogens is 4. The summed E-state index contributed by atoms with van der Waals surface area (Å²) in [6, 6.07) is 4.83. The Morgan fingerprint density at radius 3 is 2.40 bits per heavy atom. The standard InChI is InChI=1S/C26H34ClF3N6O4/c1-14-22(21(15(2)31)16(3)37)33-23(19-11-18(5-6-20(19)27)40-13-17(38)12-32-4)34-24(14)35-7-9-36(10-8-35)25(39)26(28,29)30/h5-6,11,17,25,32,38-39H,7-10,12-13,31H2,1-4H3/t17-,25?/m1/s1. The second-order valence-electron chi connectivity index (χ2n) is 9.56. The largest absolute Gasteiger partial charge is 0.491 e. The van der Waals surface area contributed by atoms with Crippen LogP contribution in [0.5, 0.6) is 5.75 Å². The van der Waals surface area contributed by atoms with Crippen molar-refractivity contribution >= 4 is 28.8 Å². The Kier molecular flexibility index (Phi) is 10.4. The minimum absolute atomic E-state index is 0.0187. The van der Waals surface area contributed by atoms with Gasteiger partial charge in [0.25, 0.3) is 0 Å². The van der Waals surface area contributed by atoms with Gasteiger partial charge < -0.3 is 30.9 Å². The van der Waals surface area contributed by atoms with Crippen LogP contribution in [0.15, 0.2) is 23.9 Å². The molecule has 14 heteroatoms. The molecule has 2 atom stereocenters. The number of aliphatic hydroxyl groups excluding tert-OH is 2. The van der Waals surface area contributed by atoms with Crippen molar-refractivity contribution < 1.29 is 32.9 Å². The molecule has 0 spiro atoms. The molecule has 5 N–H and O–H groups in total. The number of likely N-dealkylation sites (N-methyl/N-ethyl adjacent to an activating group) is 1. The summed E-state index contributed by atoms with van der Waals surface area (Å²) in [6.07, 6.45) is -8.07. The predicted molar refractivity (Wildman–Crippen MR) is 146 cm³/mol. The summed E-state index contributed by atoms with van der Waals surface area (Å²) in [4.78, 5) is 24.7. The van der Waals surface area contributed by atoms with Gasteiger partial charge in [-0.2, -0.15) is 13.2 Å². The van der Waals surface area contributed by atoms with Gasteiger partial charge in [0.2, 0.25) is 6.23 Å². The second kappa shape index (κ2) is 13.1. The zero-order valence-corrected chi connectivity index (χ0v) is 23.5. The first-order chi connectivity index (χ1) is 18.7. The zero-order valence-electron chi connectivity index (χ0n) is 22.7. The normalized spacial score (nSPS) is 16.9. The summed E-state index contributed by atoms with van der Waals surface area (Å²) in [6.45, 7) is 5.12. The van der Waals surface area contributed by atoms with Gasteiger partial charge in [-0.25, -0.2) is 9.97 Å². The van der Waals surface area contributed by atoms with Crippen LogP contribution in [0.1, 0.15) is 25.1 Å². The highest BCUT2D eigenvalue weighted by atomic mass is 35.5. The van der Waals surface area contributed by atoms with Gasteiger partial charge in [0.1, 0.15) is 24.3 Å². The minimum Gasteiger partial charge on any atom is -0.491 e. The number of aromatic nitrogens is 2. The third kappa shape index (κ3) is 7.40. The molecule has 1 aliphatic heterocycles. The fraction of sp³-hybridized carbons (Fsp3) is 0.500. The number of nitrogens with zero attached hydrogens (tertiary/aromatic N) is 4. The highest BCUT2D eigenvalue weighted by Crippen LogP contribution is 2.35. The second-order valence-corrected chi connectivity index (χ2v) is 9.97. The van der Waals surface area contributed by atoms with Crippen LogP contribution in [0.4, 0.5) is 19.0 Å². The van der Waals surface area contributed by atoms with Crippen LogP contribution in [0.2, 0.25) is 5.02 Å². The molecular weight excluding hydrogens is 553 g/mol. The maximum atomic E-state index is 13.0. The Bertz CT molecular complexity index is 1250. The maximum Gasteiger partial charge on any atom is 0.428 e. The fourth-order valence-electron chi connectivity index (χ4n) is 4.45. The number of aliphatic hydroxyl groups is 2. The molecule has 1 fully saturated rings. The van der Waals surface area contributed by atoms with Crippen LogP contribution in [-0.2, 0) is 4.79 Å². The average molecular weight is 587 g/mol. The van der Waals surface area contributed by atoms with Crippen molar-refractivity contribution in [2.75, 3.05) is 51.3 Å². The Hall–Kier alpha value is -2.97. The quantitative estimate of drug-likeness (QED) is 0.307. The van der Waals surface area contributed by atoms with E-state index in [1.165, 1.54) is 6.92 Å². The van der Waals surface area contributed by atoms with Crippen LogP contribution in [0, 0.1) is 6.92 Å². The molecule has 1 aromatic heterocycles. The van der Waals surface area contributed by atoms with E-state index in [9.17, 15) is 28.2 Å². The van der Waals surface area contributed by atoms with E-state index in [2.05, 4.69) is 10.3 Å². The van der Waals surface area contributed by atoms with Crippen LogP contribution in [0.3, 0.4) is 0 Å². The molecule has 1 saturated heterocycles. The smallest absolute Gasteiger partial charge is 0.428 e. The summed E-state index contributed by atoms with van der Waals surface area (Å²) < 4.78 is 44.8. The molecule has 0 bridgehead atoms. The van der Waals surface area contributed by atoms with E-state index in [0.717, 1.165) is 4.90 Å². The lowest BCUT2D eigenvalue weighted by atomic mass is 10.0. The molecule has 0 aliphatic carbocycles. The van der Waals surface area contributed by atoms with E-state index in [0.29, 0.717) is 34.3 Å². The van der Waals surface area contributed by atoms with Gasteiger partial charge in [-0.05, 0) is 46.0 Å². The molecule has 220 valence electrons. The Labute approximate surface area is 235 Å². The number of Topliss-reactive ketones (excluding diaryl/α,β-unsaturated/α-hetero) is 1. The third-order valence-electron chi connectivity index (χ3n) is 6.42. The van der Waals surface area contributed by atoms with Crippen molar-refractivity contribution in [2.45, 2.75) is 39.3 Å². The molecule has 3 rings (SSSR count). The molecule has 1 aliphatic rings. The van der Waals surface area contributed by atoms with E-state index in [1.807, 2.05) is 0 Å². The first-order valence-corrected chi connectivity index (χ1v) is 13.0. The van der Waals surface area contributed by atoms with E-state index in [4.69, 9.17) is 27.1 Å². The third-order valence-corrected chi connectivity index (χ3v) is 6.75. The number of nitrogens with one attached hydrogen (secondary N) is 1. The number of anilines is 1. The topological polar surface area (TPSA) is 137 Å². The highest BCUT2D eigenvalue weighted by molar-refractivity contribution is 6.33. The highest BCUT2D eigenvalue weighted by Gasteiger charge is 2.43. The van der Waals surface area contributed by atoms with Crippen molar-refractivity contribution in [1.82, 2.24) is 20.2 Å². The molecule has 2 heterocycles. The van der Waals surface area contributed by atoms with E-state index < -0.39 is 18.5 Å². The lowest BCUT2D eigenvalue weighted by Gasteiger charge is -2.38. The Morgan fingerprint density at radius 1 is 1.20 bits per heavy atom. The van der Waals surface area contributed by atoms with Gasteiger partial charge in [-0.15, -0.1) is 0 Å². The molecule has 1 aromatic carbocycles. The van der Waals surface area contributed by atoms with Crippen LogP contribution >= 0.6 is 11.6 Å². The average Bonchev–Trinajstić information content (AvgIpc) is 2.88. The number of piperazine rings is 1. The zero-order chi connectivity index (χ0) is 29.8. The van der Waals surface area contributed by atoms with Crippen LogP contribution in [0.25, 0.3) is 17.0 Å². The number of hydrogen-bond donors (Lipinski definition) is 4. The number of allylic oxidation sites excluding steroid dienone is 2. The van der Waals surface area contributed by atoms with Crippen molar-refractivity contribution in [1.29, 1.82) is 0 Å². The van der Waals surface area contributed by atoms with Gasteiger partial charge in [0.05, 0.1) is 16.3 Å². The fourth-order valence-corrected chi connectivity index (χ4v) is 4.65. The van der Waals surface area contributed by atoms with E-state index in [1.54, 1.807) is 44.0 Å². The Balaban J connectivity index is 2.06. The van der Waals surface area contributed by atoms with E-state index in [-0.39, 0.29) is 61.4 Å². The van der Waals surface area contributed by atoms with Crippen molar-refractivity contribution in [2.24, 2.45) is 5.73 Å². The lowest BCUT2D eigenvalue weighted by molar-refractivity contribution is -0.250. The SMILES string of the molecule is CNC[C@@H](O)COc1ccc(Cl)c(-c2nc(C(C(C)=O)=C(C)N)c(C)c(N3CCN(C(O)C(F)(F)F)CC3)n2)c1. The molecule has 10 nitrogen and oxygen atoms in total. The number of alkyl halides is 3. The summed E-state index contributed by atoms with van der Waals surface area (Å²) in [5, 5.41) is 22.8. The number of ketones is 1. The molecule has 0 saturated carbocycles. The first-order valence-electron chi connectivity index (χ1n) is 12.6. The van der Waals surface area contributed by atoms with Crippen LogP contribution in [-0.4, -0.2) is 95.8 Å². The van der Waals surface area contributed by atoms with Gasteiger partial charge in [-0.1, -0.05) is 11.6 Å². The lowest BCUT2D eigenvalue weighted by Crippen LogP contribution is -2.55. The van der Waals surface area contributed by atoms with Gasteiger partial charge >= 0.3 is 6.18 Å². The predicted octanol–water partition coefficient (Wildman–Crippen LogP) is 2.35. The van der Waals surface area contributed by atoms with Crippen molar-refractivity contribution in [3.8, 4) is 17.1 Å². The van der Waals surface area contributed by atoms with Gasteiger partial charge in [0.15, 0.2) is 11.6 Å². The molecule has 0 radical (unpaired) electrons. The van der Waals surface area contributed by atoms with Crippen molar-refractivity contribution in [3.63, 3.8) is 0 Å². The summed E-state index contributed by atoms with van der Waals surface area (Å²) in [7, 11) is 1.71. The molecule has 2 aromatic rings. The number of nitrogens with two attached hydrogens (primary N) is 1. The maximum absolute atomic E-state index is 13.0. The number of rotatable bonds is 10. The van der Waals surface area contributed by atoms with Crippen molar-refractivity contribution in [3.05, 3.63) is 40.2 Å². The summed E-state index contributed by atoms with van der Waals surface area (Å²) in [5.74, 6) is 0.625.